The summed E-state index contributed by atoms with van der Waals surface area (Å²) in [6, 6.07) is 20.0. The van der Waals surface area contributed by atoms with Gasteiger partial charge in [0.25, 0.3) is 0 Å². The molecule has 7 atom stereocenters. The number of halogens is 4. The van der Waals surface area contributed by atoms with Crippen molar-refractivity contribution in [3.8, 4) is 5.75 Å². The minimum atomic E-state index is -4.60. The molecule has 0 unspecified atom stereocenters. The van der Waals surface area contributed by atoms with E-state index in [9.17, 15) is 27.6 Å². The molecule has 2 aliphatic heterocycles. The van der Waals surface area contributed by atoms with Crippen molar-refractivity contribution in [1.82, 2.24) is 4.98 Å². The van der Waals surface area contributed by atoms with E-state index in [0.29, 0.717) is 18.8 Å². The van der Waals surface area contributed by atoms with Crippen LogP contribution < -0.4 is 14.5 Å². The number of thioether (sulfide) groups is 1. The number of aromatic amines is 1. The Labute approximate surface area is 272 Å². The molecule has 2 amide bonds. The van der Waals surface area contributed by atoms with Crippen LogP contribution in [0.3, 0.4) is 0 Å². The van der Waals surface area contributed by atoms with Gasteiger partial charge in [-0.1, -0.05) is 63.7 Å². The first-order valence-corrected chi connectivity index (χ1v) is 17.0. The van der Waals surface area contributed by atoms with Crippen LogP contribution in [0.2, 0.25) is 0 Å². The predicted octanol–water partition coefficient (Wildman–Crippen LogP) is 7.47. The fourth-order valence-electron chi connectivity index (χ4n) is 8.07. The van der Waals surface area contributed by atoms with Gasteiger partial charge in [-0.2, -0.15) is 13.2 Å². The summed E-state index contributed by atoms with van der Waals surface area (Å²) in [5.74, 6) is -2.19. The molecule has 4 aromatic rings. The topological polar surface area (TPSA) is 79.5 Å². The minimum Gasteiger partial charge on any atom is -0.489 e. The summed E-state index contributed by atoms with van der Waals surface area (Å²) >= 11 is 6.33. The molecule has 6 nitrogen and oxygen atoms in total. The summed E-state index contributed by atoms with van der Waals surface area (Å²) in [7, 11) is 0. The minimum absolute atomic E-state index is 0.0483. The highest BCUT2D eigenvalue weighted by Gasteiger charge is 2.70. The van der Waals surface area contributed by atoms with E-state index in [0.717, 1.165) is 53.9 Å². The van der Waals surface area contributed by atoms with Crippen LogP contribution in [0.1, 0.15) is 33.9 Å². The first kappa shape index (κ1) is 29.1. The van der Waals surface area contributed by atoms with Gasteiger partial charge in [0.2, 0.25) is 11.8 Å². The number of anilines is 1. The summed E-state index contributed by atoms with van der Waals surface area (Å²) in [6.07, 6.45) is -3.94. The van der Waals surface area contributed by atoms with Crippen molar-refractivity contribution in [2.75, 3.05) is 4.90 Å². The highest BCUT2D eigenvalue weighted by atomic mass is 79.9. The lowest BCUT2D eigenvalue weighted by Crippen LogP contribution is -2.42. The van der Waals surface area contributed by atoms with Crippen molar-refractivity contribution in [3.05, 3.63) is 109 Å². The third-order valence-corrected chi connectivity index (χ3v) is 12.8. The van der Waals surface area contributed by atoms with Crippen molar-refractivity contribution < 1.29 is 27.5 Å². The smallest absolute Gasteiger partial charge is 0.416 e. The summed E-state index contributed by atoms with van der Waals surface area (Å²) in [6.45, 7) is 0.344. The molecule has 2 bridgehead atoms. The van der Waals surface area contributed by atoms with Gasteiger partial charge in [0.15, 0.2) is 0 Å². The van der Waals surface area contributed by atoms with Crippen LogP contribution in [0, 0.1) is 29.6 Å². The summed E-state index contributed by atoms with van der Waals surface area (Å²) in [5.41, 5.74) is 0.939. The van der Waals surface area contributed by atoms with Crippen molar-refractivity contribution >= 4 is 56.5 Å². The fourth-order valence-corrected chi connectivity index (χ4v) is 11.3. The Balaban J connectivity index is 1.19. The van der Waals surface area contributed by atoms with Crippen LogP contribution in [0.4, 0.5) is 18.9 Å². The maximum absolute atomic E-state index is 14.0. The number of alkyl halides is 3. The second-order valence-electron chi connectivity index (χ2n) is 12.0. The lowest BCUT2D eigenvalue weighted by molar-refractivity contribution is -0.137. The lowest BCUT2D eigenvalue weighted by Gasteiger charge is -2.43. The van der Waals surface area contributed by atoms with Crippen LogP contribution in [0.15, 0.2) is 87.1 Å². The fraction of sp³-hybridized carbons (Fsp3) is 0.303. The Morgan fingerprint density at radius 3 is 2.44 bits per heavy atom. The summed E-state index contributed by atoms with van der Waals surface area (Å²) < 4.78 is 47.8. The number of fused-ring (bicyclic) bond motifs is 9. The number of amides is 2. The average Bonchev–Trinajstić information content (AvgIpc) is 3.75. The zero-order valence-electron chi connectivity index (χ0n) is 23.3. The van der Waals surface area contributed by atoms with Gasteiger partial charge < -0.3 is 9.72 Å². The largest absolute Gasteiger partial charge is 0.489 e. The Morgan fingerprint density at radius 1 is 0.933 bits per heavy atom. The van der Waals surface area contributed by atoms with E-state index in [1.807, 2.05) is 48.5 Å². The monoisotopic (exact) mass is 712 g/mol. The molecule has 4 aliphatic rings. The molecule has 2 saturated carbocycles. The molecular formula is C33H24BrF3N2O4S2. The van der Waals surface area contributed by atoms with E-state index in [2.05, 4.69) is 20.9 Å². The van der Waals surface area contributed by atoms with Crippen LogP contribution in [0.5, 0.6) is 5.75 Å². The molecule has 1 saturated heterocycles. The van der Waals surface area contributed by atoms with E-state index < -0.39 is 35.4 Å². The Hall–Kier alpha value is -3.35. The van der Waals surface area contributed by atoms with Gasteiger partial charge in [-0.3, -0.25) is 19.3 Å². The SMILES string of the molecule is O=C1[C@H]2[C@H]3C[C@@H]([C@@H]2C(=O)N1c1cccc(C(F)(F)F)c1)[C@H]1[C@H](c2cc(Br)ccc2OCc2ccccc2)c2sc(=O)[nH]c2S[C@H]31. The molecule has 0 radical (unpaired) electrons. The predicted molar refractivity (Wildman–Crippen MR) is 167 cm³/mol. The summed E-state index contributed by atoms with van der Waals surface area (Å²) in [4.78, 5) is 45.3. The zero-order valence-corrected chi connectivity index (χ0v) is 26.5. The number of nitrogens with one attached hydrogen (secondary N) is 1. The van der Waals surface area contributed by atoms with Gasteiger partial charge in [0.1, 0.15) is 12.4 Å². The number of nitrogens with zero attached hydrogens (tertiary/aromatic N) is 1. The molecule has 3 aromatic carbocycles. The molecule has 12 heteroatoms. The molecule has 45 heavy (non-hydrogen) atoms. The Kier molecular flexibility index (Phi) is 6.85. The van der Waals surface area contributed by atoms with E-state index in [1.54, 1.807) is 11.8 Å². The molecule has 3 heterocycles. The van der Waals surface area contributed by atoms with Crippen LogP contribution in [-0.2, 0) is 22.4 Å². The number of aromatic nitrogens is 1. The molecule has 1 aromatic heterocycles. The maximum atomic E-state index is 14.0. The maximum Gasteiger partial charge on any atom is 0.416 e. The number of imide groups is 1. The van der Waals surface area contributed by atoms with Gasteiger partial charge in [0.05, 0.1) is 28.1 Å². The highest BCUT2D eigenvalue weighted by molar-refractivity contribution is 9.10. The van der Waals surface area contributed by atoms with E-state index >= 15 is 0 Å². The lowest BCUT2D eigenvalue weighted by atomic mass is 9.68. The molecule has 230 valence electrons. The molecule has 3 fully saturated rings. The first-order chi connectivity index (χ1) is 21.6. The van der Waals surface area contributed by atoms with Gasteiger partial charge in [-0.25, -0.2) is 0 Å². The molecule has 0 spiro atoms. The first-order valence-electron chi connectivity index (χ1n) is 14.5. The standard InChI is InChI=1S/C33H24BrF3N2O4S2/c34-17-9-10-22(43-14-15-5-2-1-3-6-15)19(12-17)23-24-20-13-21(27(24)44-29-28(23)45-32(42)38-29)26-25(20)30(40)39(31(26)41)18-8-4-7-16(11-18)33(35,36)37/h1-12,20-21,23-27H,13-14H2,(H,38,42)/t20-,21-,23+,24+,25+,26+,27-/m1/s1. The molecule has 1 N–H and O–H groups in total. The highest BCUT2D eigenvalue weighted by Crippen LogP contribution is 2.69. The molecular weight excluding hydrogens is 689 g/mol. The number of carbonyl (C=O) groups is 2. The van der Waals surface area contributed by atoms with Gasteiger partial charge in [-0.15, -0.1) is 11.8 Å². The third kappa shape index (κ3) is 4.62. The van der Waals surface area contributed by atoms with Crippen molar-refractivity contribution in [2.45, 2.75) is 35.4 Å². The number of hydrogen-bond donors (Lipinski definition) is 1. The molecule has 2 aliphatic carbocycles. The Bertz CT molecular complexity index is 1910. The average molecular weight is 714 g/mol. The quantitative estimate of drug-likeness (QED) is 0.217. The number of hydrogen-bond acceptors (Lipinski definition) is 6. The van der Waals surface area contributed by atoms with Crippen LogP contribution in [0.25, 0.3) is 0 Å². The van der Waals surface area contributed by atoms with Crippen LogP contribution >= 0.6 is 39.0 Å². The van der Waals surface area contributed by atoms with Crippen molar-refractivity contribution in [3.63, 3.8) is 0 Å². The van der Waals surface area contributed by atoms with Gasteiger partial charge in [0, 0.05) is 26.1 Å². The Morgan fingerprint density at radius 2 is 1.69 bits per heavy atom. The van der Waals surface area contributed by atoms with E-state index in [4.69, 9.17) is 4.74 Å². The van der Waals surface area contributed by atoms with Crippen LogP contribution in [-0.4, -0.2) is 22.0 Å². The molecule has 8 rings (SSSR count). The number of H-pyrrole nitrogens is 1. The van der Waals surface area contributed by atoms with E-state index in [1.165, 1.54) is 12.1 Å². The van der Waals surface area contributed by atoms with E-state index in [-0.39, 0.29) is 39.5 Å². The zero-order chi connectivity index (χ0) is 31.2. The second kappa shape index (κ2) is 10.6. The van der Waals surface area contributed by atoms with Crippen molar-refractivity contribution in [1.29, 1.82) is 0 Å². The summed E-state index contributed by atoms with van der Waals surface area (Å²) in [5, 5.41) is 0.694. The van der Waals surface area contributed by atoms with Gasteiger partial charge >= 0.3 is 11.0 Å². The number of rotatable bonds is 5. The third-order valence-electron chi connectivity index (χ3n) is 9.70. The number of benzene rings is 3. The number of ether oxygens (including phenoxy) is 1. The number of thiazole rings is 1. The van der Waals surface area contributed by atoms with Gasteiger partial charge in [-0.05, 0) is 66.1 Å². The normalized spacial score (nSPS) is 28.3. The number of carbonyl (C=O) groups excluding carboxylic acids is 2. The second-order valence-corrected chi connectivity index (χ2v) is 15.1. The van der Waals surface area contributed by atoms with Crippen molar-refractivity contribution in [2.24, 2.45) is 29.6 Å².